The molecule has 4 aliphatic carbocycles. The second-order valence-corrected chi connectivity index (χ2v) is 9.49. The van der Waals surface area contributed by atoms with Gasteiger partial charge in [0, 0.05) is 17.6 Å². The van der Waals surface area contributed by atoms with Crippen LogP contribution in [0.1, 0.15) is 44.1 Å². The summed E-state index contributed by atoms with van der Waals surface area (Å²) in [5.74, 6) is 0.917. The number of carbonyl (C=O) groups excluding carboxylic acids is 2. The number of hydrogen-bond donors (Lipinski definition) is 2. The van der Waals surface area contributed by atoms with Crippen LogP contribution in [0.25, 0.3) is 0 Å². The summed E-state index contributed by atoms with van der Waals surface area (Å²) < 4.78 is 11.5. The first-order chi connectivity index (χ1) is 15.0. The van der Waals surface area contributed by atoms with Crippen molar-refractivity contribution in [1.29, 1.82) is 0 Å². The van der Waals surface area contributed by atoms with Gasteiger partial charge in [-0.3, -0.25) is 5.32 Å². The maximum atomic E-state index is 12.6. The van der Waals surface area contributed by atoms with Crippen LogP contribution in [0.3, 0.4) is 0 Å². The Morgan fingerprint density at radius 1 is 0.871 bits per heavy atom. The highest BCUT2D eigenvalue weighted by Crippen LogP contribution is 2.59. The maximum Gasteiger partial charge on any atom is 0.412 e. The van der Waals surface area contributed by atoms with E-state index in [0.29, 0.717) is 18.3 Å². The van der Waals surface area contributed by atoms with Crippen molar-refractivity contribution in [3.63, 3.8) is 0 Å². The Labute approximate surface area is 182 Å². The molecule has 2 aromatic rings. The minimum atomic E-state index is -0.518. The molecule has 2 amide bonds. The Bertz CT molecular complexity index is 933. The molecule has 4 fully saturated rings. The SMILES string of the molecule is O=C(NC12C[C@H]3C[C@@H](C1)CC(OC(=O)Nc1ccccc1)(C3)C2)OCc1ccccc1. The van der Waals surface area contributed by atoms with Gasteiger partial charge in [0.25, 0.3) is 0 Å². The first-order valence-corrected chi connectivity index (χ1v) is 11.1. The molecule has 0 spiro atoms. The number of benzene rings is 2. The summed E-state index contributed by atoms with van der Waals surface area (Å²) in [5, 5.41) is 6.01. The number of carbonyl (C=O) groups is 2. The van der Waals surface area contributed by atoms with E-state index in [1.165, 1.54) is 0 Å². The first-order valence-electron chi connectivity index (χ1n) is 11.1. The van der Waals surface area contributed by atoms with Crippen LogP contribution in [0.5, 0.6) is 0 Å². The molecule has 4 bridgehead atoms. The lowest BCUT2D eigenvalue weighted by atomic mass is 9.51. The largest absolute Gasteiger partial charge is 0.445 e. The minimum absolute atomic E-state index is 0.247. The van der Waals surface area contributed by atoms with Gasteiger partial charge in [0.1, 0.15) is 12.2 Å². The smallest absolute Gasteiger partial charge is 0.412 e. The highest BCUT2D eigenvalue weighted by atomic mass is 16.6. The number of para-hydroxylation sites is 1. The molecular formula is C25H28N2O4. The third-order valence-electron chi connectivity index (χ3n) is 6.92. The van der Waals surface area contributed by atoms with Gasteiger partial charge in [-0.05, 0) is 61.6 Å². The molecule has 2 unspecified atom stereocenters. The highest BCUT2D eigenvalue weighted by Gasteiger charge is 2.60. The van der Waals surface area contributed by atoms with E-state index in [1.54, 1.807) is 0 Å². The van der Waals surface area contributed by atoms with Crippen LogP contribution in [-0.4, -0.2) is 23.3 Å². The lowest BCUT2D eigenvalue weighted by Crippen LogP contribution is -2.66. The lowest BCUT2D eigenvalue weighted by Gasteiger charge is -2.60. The van der Waals surface area contributed by atoms with E-state index < -0.39 is 17.8 Å². The van der Waals surface area contributed by atoms with E-state index in [4.69, 9.17) is 9.47 Å². The Hall–Kier alpha value is -3.02. The van der Waals surface area contributed by atoms with Crippen molar-refractivity contribution in [3.8, 4) is 0 Å². The Kier molecular flexibility index (Phi) is 5.08. The fraction of sp³-hybridized carbons (Fsp3) is 0.440. The summed E-state index contributed by atoms with van der Waals surface area (Å²) in [7, 11) is 0. The average molecular weight is 421 g/mol. The van der Waals surface area contributed by atoms with E-state index in [-0.39, 0.29) is 12.1 Å². The quantitative estimate of drug-likeness (QED) is 0.692. The number of anilines is 1. The fourth-order valence-corrected chi connectivity index (χ4v) is 6.28. The van der Waals surface area contributed by atoms with Crippen molar-refractivity contribution in [3.05, 3.63) is 66.2 Å². The molecule has 31 heavy (non-hydrogen) atoms. The zero-order valence-corrected chi connectivity index (χ0v) is 17.5. The molecule has 0 radical (unpaired) electrons. The molecule has 2 N–H and O–H groups in total. The van der Waals surface area contributed by atoms with Gasteiger partial charge in [0.15, 0.2) is 0 Å². The number of amides is 2. The average Bonchev–Trinajstić information content (AvgIpc) is 2.72. The van der Waals surface area contributed by atoms with Gasteiger partial charge in [-0.1, -0.05) is 48.5 Å². The van der Waals surface area contributed by atoms with Gasteiger partial charge in [-0.15, -0.1) is 0 Å². The first kappa shape index (κ1) is 19.9. The van der Waals surface area contributed by atoms with Crippen LogP contribution in [0.2, 0.25) is 0 Å². The van der Waals surface area contributed by atoms with Crippen LogP contribution in [0.15, 0.2) is 60.7 Å². The predicted octanol–water partition coefficient (Wildman–Crippen LogP) is 5.25. The molecular weight excluding hydrogens is 392 g/mol. The van der Waals surface area contributed by atoms with Crippen LogP contribution < -0.4 is 10.6 Å². The molecule has 4 saturated carbocycles. The van der Waals surface area contributed by atoms with Crippen molar-refractivity contribution in [1.82, 2.24) is 5.32 Å². The monoisotopic (exact) mass is 420 g/mol. The lowest BCUT2D eigenvalue weighted by molar-refractivity contribution is -0.139. The standard InChI is InChI=1S/C25H28N2O4/c28-22(26-21-9-5-2-6-10-21)31-25-14-19-11-20(15-25)13-24(12-19,17-25)27-23(29)30-16-18-7-3-1-4-8-18/h1-10,19-20H,11-17H2,(H,26,28)(H,27,29)/t19-,20+,24?,25?. The third kappa shape index (κ3) is 4.38. The molecule has 0 aromatic heterocycles. The van der Waals surface area contributed by atoms with Crippen molar-refractivity contribution in [2.24, 2.45) is 11.8 Å². The number of hydrogen-bond acceptors (Lipinski definition) is 4. The van der Waals surface area contributed by atoms with Crippen molar-refractivity contribution < 1.29 is 19.1 Å². The second kappa shape index (κ2) is 7.91. The topological polar surface area (TPSA) is 76.7 Å². The van der Waals surface area contributed by atoms with Crippen molar-refractivity contribution in [2.45, 2.75) is 56.3 Å². The zero-order valence-electron chi connectivity index (χ0n) is 17.5. The van der Waals surface area contributed by atoms with E-state index in [1.807, 2.05) is 60.7 Å². The third-order valence-corrected chi connectivity index (χ3v) is 6.92. The molecule has 2 aromatic carbocycles. The molecule has 0 heterocycles. The summed E-state index contributed by atoms with van der Waals surface area (Å²) in [5.41, 5.74) is 0.802. The van der Waals surface area contributed by atoms with E-state index in [9.17, 15) is 9.59 Å². The Morgan fingerprint density at radius 2 is 1.52 bits per heavy atom. The maximum absolute atomic E-state index is 12.6. The van der Waals surface area contributed by atoms with Gasteiger partial charge in [0.2, 0.25) is 0 Å². The molecule has 0 aliphatic heterocycles. The van der Waals surface area contributed by atoms with E-state index in [2.05, 4.69) is 10.6 Å². The molecule has 4 aliphatic rings. The van der Waals surface area contributed by atoms with Gasteiger partial charge in [-0.25, -0.2) is 9.59 Å². The van der Waals surface area contributed by atoms with E-state index >= 15 is 0 Å². The van der Waals surface area contributed by atoms with Crippen molar-refractivity contribution >= 4 is 17.9 Å². The second-order valence-electron chi connectivity index (χ2n) is 9.49. The predicted molar refractivity (Wildman–Crippen MR) is 116 cm³/mol. The fourth-order valence-electron chi connectivity index (χ4n) is 6.28. The van der Waals surface area contributed by atoms with Crippen LogP contribution in [0.4, 0.5) is 15.3 Å². The molecule has 6 rings (SSSR count). The normalized spacial score (nSPS) is 30.5. The van der Waals surface area contributed by atoms with Crippen LogP contribution >= 0.6 is 0 Å². The molecule has 162 valence electrons. The molecule has 4 atom stereocenters. The van der Waals surface area contributed by atoms with Gasteiger partial charge in [0.05, 0.1) is 0 Å². The van der Waals surface area contributed by atoms with Crippen LogP contribution in [-0.2, 0) is 16.1 Å². The van der Waals surface area contributed by atoms with E-state index in [0.717, 1.165) is 43.4 Å². The zero-order chi connectivity index (χ0) is 21.3. The molecule has 0 saturated heterocycles. The van der Waals surface area contributed by atoms with Gasteiger partial charge < -0.3 is 14.8 Å². The number of ether oxygens (including phenoxy) is 2. The summed E-state index contributed by atoms with van der Waals surface area (Å²) in [6.45, 7) is 0.247. The van der Waals surface area contributed by atoms with Gasteiger partial charge >= 0.3 is 12.2 Å². The summed E-state index contributed by atoms with van der Waals surface area (Å²) in [6.07, 6.45) is 4.57. The Balaban J connectivity index is 1.24. The Morgan fingerprint density at radius 3 is 2.19 bits per heavy atom. The van der Waals surface area contributed by atoms with Crippen molar-refractivity contribution in [2.75, 3.05) is 5.32 Å². The van der Waals surface area contributed by atoms with Crippen LogP contribution in [0, 0.1) is 11.8 Å². The number of rotatable bonds is 5. The van der Waals surface area contributed by atoms with Gasteiger partial charge in [-0.2, -0.15) is 0 Å². The number of alkyl carbamates (subject to hydrolysis) is 1. The molecule has 6 nitrogen and oxygen atoms in total. The molecule has 6 heteroatoms. The summed E-state index contributed by atoms with van der Waals surface area (Å²) in [4.78, 5) is 25.3. The highest BCUT2D eigenvalue weighted by molar-refractivity contribution is 5.84. The summed E-state index contributed by atoms with van der Waals surface area (Å²) >= 11 is 0. The number of nitrogens with one attached hydrogen (secondary N) is 2. The minimum Gasteiger partial charge on any atom is -0.445 e. The summed E-state index contributed by atoms with van der Waals surface area (Å²) in [6, 6.07) is 19.0.